The molecular weight excluding hydrogens is 202 g/mol. The van der Waals surface area contributed by atoms with Crippen LogP contribution in [0, 0.1) is 0 Å². The molecule has 0 atom stereocenters. The van der Waals surface area contributed by atoms with Crippen LogP contribution in [0.3, 0.4) is 0 Å². The van der Waals surface area contributed by atoms with Gasteiger partial charge in [0.1, 0.15) is 13.2 Å². The number of rotatable bonds is 8. The number of carbonyl (C=O) groups excluding carboxylic acids is 1. The normalized spacial score (nSPS) is 10.1. The van der Waals surface area contributed by atoms with Crippen molar-refractivity contribution in [3.05, 3.63) is 12.2 Å². The summed E-state index contributed by atoms with van der Waals surface area (Å²) in [7, 11) is 0. The van der Waals surface area contributed by atoms with Crippen LogP contribution in [0.15, 0.2) is 12.2 Å². The van der Waals surface area contributed by atoms with E-state index in [0.717, 1.165) is 0 Å². The number of hydroxylamine groups is 2. The summed E-state index contributed by atoms with van der Waals surface area (Å²) in [5, 5.41) is 17.7. The monoisotopic (exact) mass is 219 g/mol. The maximum absolute atomic E-state index is 11.5. The zero-order chi connectivity index (χ0) is 11.7. The van der Waals surface area contributed by atoms with Gasteiger partial charge >= 0.3 is 0 Å². The summed E-state index contributed by atoms with van der Waals surface area (Å²) in [6.45, 7) is 4.72. The van der Waals surface area contributed by atoms with Gasteiger partial charge in [-0.15, -0.1) is 0 Å². The first-order valence-corrected chi connectivity index (χ1v) is 4.67. The van der Waals surface area contributed by atoms with Crippen LogP contribution in [0.1, 0.15) is 13.3 Å². The van der Waals surface area contributed by atoms with E-state index < -0.39 is 5.91 Å². The van der Waals surface area contributed by atoms with Crippen LogP contribution in [0.5, 0.6) is 0 Å². The molecule has 0 unspecified atom stereocenters. The zero-order valence-electron chi connectivity index (χ0n) is 8.81. The van der Waals surface area contributed by atoms with Crippen LogP contribution in [-0.4, -0.2) is 47.8 Å². The van der Waals surface area contributed by atoms with Crippen LogP contribution < -0.4 is 0 Å². The van der Waals surface area contributed by atoms with Crippen molar-refractivity contribution in [2.45, 2.75) is 13.3 Å². The van der Waals surface area contributed by atoms with E-state index >= 15 is 0 Å². The highest BCUT2D eigenvalue weighted by atomic mass is 17.0. The highest BCUT2D eigenvalue weighted by Crippen LogP contribution is 2.05. The standard InChI is InChI=1S/C9H17NO5/c1-3-8(2)9(13)10(14-6-4-11)15-7-5-12/h11-12H,2-7H2,1H3. The quantitative estimate of drug-likeness (QED) is 0.430. The summed E-state index contributed by atoms with van der Waals surface area (Å²) < 4.78 is 0. The fraction of sp³-hybridized carbons (Fsp3) is 0.667. The maximum atomic E-state index is 11.5. The van der Waals surface area contributed by atoms with Crippen LogP contribution >= 0.6 is 0 Å². The van der Waals surface area contributed by atoms with Gasteiger partial charge in [0.15, 0.2) is 0 Å². The van der Waals surface area contributed by atoms with E-state index in [0.29, 0.717) is 17.2 Å². The first kappa shape index (κ1) is 14.1. The van der Waals surface area contributed by atoms with Crippen molar-refractivity contribution >= 4 is 5.91 Å². The molecular formula is C9H17NO5. The molecule has 0 saturated heterocycles. The Hall–Kier alpha value is -0.950. The van der Waals surface area contributed by atoms with E-state index in [9.17, 15) is 4.79 Å². The van der Waals surface area contributed by atoms with Gasteiger partial charge in [-0.05, 0) is 6.42 Å². The Morgan fingerprint density at radius 1 is 1.27 bits per heavy atom. The number of aliphatic hydroxyl groups is 2. The third-order valence-electron chi connectivity index (χ3n) is 1.49. The summed E-state index contributed by atoms with van der Waals surface area (Å²) in [5.74, 6) is -0.514. The van der Waals surface area contributed by atoms with Gasteiger partial charge in [0.05, 0.1) is 13.2 Å². The second-order valence-corrected chi connectivity index (χ2v) is 2.63. The lowest BCUT2D eigenvalue weighted by molar-refractivity contribution is -0.342. The van der Waals surface area contributed by atoms with E-state index in [1.54, 1.807) is 6.92 Å². The van der Waals surface area contributed by atoms with Gasteiger partial charge in [-0.2, -0.15) is 0 Å². The number of carbonyl (C=O) groups is 1. The lowest BCUT2D eigenvalue weighted by Gasteiger charge is -2.20. The first-order valence-electron chi connectivity index (χ1n) is 4.67. The average Bonchev–Trinajstić information content (AvgIpc) is 2.27. The molecule has 0 radical (unpaired) electrons. The molecule has 0 rings (SSSR count). The summed E-state index contributed by atoms with van der Waals surface area (Å²) >= 11 is 0. The van der Waals surface area contributed by atoms with Gasteiger partial charge in [-0.3, -0.25) is 4.79 Å². The minimum atomic E-state index is -0.514. The lowest BCUT2D eigenvalue weighted by atomic mass is 10.2. The molecule has 0 spiro atoms. The Labute approximate surface area is 88.6 Å². The molecule has 1 amide bonds. The Balaban J connectivity index is 4.19. The smallest absolute Gasteiger partial charge is 0.299 e. The van der Waals surface area contributed by atoms with Crippen molar-refractivity contribution in [3.8, 4) is 0 Å². The summed E-state index contributed by atoms with van der Waals surface area (Å²) in [6, 6.07) is 0. The van der Waals surface area contributed by atoms with E-state index in [-0.39, 0.29) is 26.4 Å². The molecule has 0 aromatic rings. The van der Waals surface area contributed by atoms with E-state index in [1.807, 2.05) is 0 Å². The van der Waals surface area contributed by atoms with E-state index in [1.165, 1.54) is 0 Å². The number of nitrogens with zero attached hydrogens (tertiary/aromatic N) is 1. The third kappa shape index (κ3) is 5.48. The summed E-state index contributed by atoms with van der Waals surface area (Å²) in [5.41, 5.74) is 0.325. The molecule has 0 saturated carbocycles. The maximum Gasteiger partial charge on any atom is 0.299 e. The molecule has 0 aliphatic rings. The van der Waals surface area contributed by atoms with Gasteiger partial charge < -0.3 is 10.2 Å². The molecule has 88 valence electrons. The highest BCUT2D eigenvalue weighted by Gasteiger charge is 2.17. The largest absolute Gasteiger partial charge is 0.394 e. The van der Waals surface area contributed by atoms with E-state index in [2.05, 4.69) is 6.58 Å². The molecule has 0 bridgehead atoms. The molecule has 0 aliphatic carbocycles. The lowest BCUT2D eigenvalue weighted by Crippen LogP contribution is -2.34. The second-order valence-electron chi connectivity index (χ2n) is 2.63. The second kappa shape index (κ2) is 8.37. The van der Waals surface area contributed by atoms with Crippen molar-refractivity contribution < 1.29 is 24.7 Å². The molecule has 0 fully saturated rings. The van der Waals surface area contributed by atoms with Crippen molar-refractivity contribution in [1.82, 2.24) is 5.23 Å². The topological polar surface area (TPSA) is 79.2 Å². The number of amides is 1. The SMILES string of the molecule is C=C(CC)C(=O)N(OCCO)OCCO. The molecule has 0 heterocycles. The van der Waals surface area contributed by atoms with Crippen LogP contribution in [0.4, 0.5) is 0 Å². The van der Waals surface area contributed by atoms with Crippen molar-refractivity contribution in [3.63, 3.8) is 0 Å². The fourth-order valence-electron chi connectivity index (χ4n) is 0.682. The predicted molar refractivity (Wildman–Crippen MR) is 52.4 cm³/mol. The molecule has 0 aromatic carbocycles. The van der Waals surface area contributed by atoms with Crippen molar-refractivity contribution in [1.29, 1.82) is 0 Å². The predicted octanol–water partition coefficient (Wildman–Crippen LogP) is -0.371. The Bertz CT molecular complexity index is 199. The Morgan fingerprint density at radius 3 is 2.07 bits per heavy atom. The van der Waals surface area contributed by atoms with Crippen LogP contribution in [0.25, 0.3) is 0 Å². The molecule has 2 N–H and O–H groups in total. The highest BCUT2D eigenvalue weighted by molar-refractivity contribution is 5.91. The molecule has 15 heavy (non-hydrogen) atoms. The average molecular weight is 219 g/mol. The number of hydrogen-bond acceptors (Lipinski definition) is 5. The molecule has 6 nitrogen and oxygen atoms in total. The van der Waals surface area contributed by atoms with Gasteiger partial charge in [0, 0.05) is 5.57 Å². The Kier molecular flexibility index (Phi) is 7.84. The van der Waals surface area contributed by atoms with Crippen molar-refractivity contribution in [2.75, 3.05) is 26.4 Å². The minimum absolute atomic E-state index is 0.0613. The van der Waals surface area contributed by atoms with Crippen LogP contribution in [-0.2, 0) is 14.5 Å². The van der Waals surface area contributed by atoms with Gasteiger partial charge in [-0.25, -0.2) is 9.68 Å². The third-order valence-corrected chi connectivity index (χ3v) is 1.49. The van der Waals surface area contributed by atoms with Crippen LogP contribution in [0.2, 0.25) is 0 Å². The van der Waals surface area contributed by atoms with Crippen molar-refractivity contribution in [2.24, 2.45) is 0 Å². The zero-order valence-corrected chi connectivity index (χ0v) is 8.81. The summed E-state index contributed by atoms with van der Waals surface area (Å²) in [4.78, 5) is 21.1. The fourth-order valence-corrected chi connectivity index (χ4v) is 0.682. The molecule has 0 aromatic heterocycles. The number of hydrogen-bond donors (Lipinski definition) is 2. The van der Waals surface area contributed by atoms with Gasteiger partial charge in [0.2, 0.25) is 0 Å². The molecule has 6 heteroatoms. The van der Waals surface area contributed by atoms with Gasteiger partial charge in [-0.1, -0.05) is 18.7 Å². The molecule has 0 aliphatic heterocycles. The summed E-state index contributed by atoms with van der Waals surface area (Å²) in [6.07, 6.45) is 0.473. The van der Waals surface area contributed by atoms with E-state index in [4.69, 9.17) is 19.9 Å². The van der Waals surface area contributed by atoms with Gasteiger partial charge in [0.25, 0.3) is 5.91 Å². The Morgan fingerprint density at radius 2 is 1.73 bits per heavy atom. The minimum Gasteiger partial charge on any atom is -0.394 e. The number of aliphatic hydroxyl groups excluding tert-OH is 2. The first-order chi connectivity index (χ1) is 7.17.